The third-order valence-electron chi connectivity index (χ3n) is 3.45. The van der Waals surface area contributed by atoms with Gasteiger partial charge in [-0.15, -0.1) is 11.3 Å². The number of aromatic nitrogens is 1. The van der Waals surface area contributed by atoms with Gasteiger partial charge in [0.15, 0.2) is 5.78 Å². The van der Waals surface area contributed by atoms with Crippen molar-refractivity contribution in [2.24, 2.45) is 0 Å². The van der Waals surface area contributed by atoms with Crippen LogP contribution in [0.4, 0.5) is 0 Å². The Kier molecular flexibility index (Phi) is 3.23. The van der Waals surface area contributed by atoms with E-state index in [2.05, 4.69) is 37.0 Å². The molecule has 0 amide bonds. The quantitative estimate of drug-likeness (QED) is 0.830. The summed E-state index contributed by atoms with van der Waals surface area (Å²) in [6.45, 7) is 4.24. The molecular weight excluding hydrogens is 254 g/mol. The molecule has 1 aliphatic carbocycles. The molecule has 0 bridgehead atoms. The van der Waals surface area contributed by atoms with Gasteiger partial charge < -0.3 is 0 Å². The molecule has 0 aliphatic heterocycles. The summed E-state index contributed by atoms with van der Waals surface area (Å²) in [6.07, 6.45) is 3.45. The standard InChI is InChI=1S/C16H17NOS/c1-10-6-11(2)8-12(7-10)9-15-17-13-4-3-5-14(18)16(13)19-15/h6-8H,3-5,9H2,1-2H3. The number of carbonyl (C=O) groups excluding carboxylic acids is 1. The number of thiazole rings is 1. The normalized spacial score (nSPS) is 14.5. The van der Waals surface area contributed by atoms with Gasteiger partial charge in [-0.2, -0.15) is 0 Å². The van der Waals surface area contributed by atoms with Crippen LogP contribution < -0.4 is 0 Å². The molecule has 0 N–H and O–H groups in total. The number of Topliss-reactive ketones (excluding diaryl/α,β-unsaturated/α-hetero) is 1. The summed E-state index contributed by atoms with van der Waals surface area (Å²) in [7, 11) is 0. The van der Waals surface area contributed by atoms with E-state index in [4.69, 9.17) is 0 Å². The number of fused-ring (bicyclic) bond motifs is 1. The zero-order valence-corrected chi connectivity index (χ0v) is 12.1. The van der Waals surface area contributed by atoms with Gasteiger partial charge in [-0.3, -0.25) is 4.79 Å². The van der Waals surface area contributed by atoms with Crippen molar-refractivity contribution < 1.29 is 4.79 Å². The zero-order chi connectivity index (χ0) is 13.4. The van der Waals surface area contributed by atoms with Crippen molar-refractivity contribution in [3.05, 3.63) is 50.5 Å². The van der Waals surface area contributed by atoms with Crippen molar-refractivity contribution in [2.45, 2.75) is 39.5 Å². The first kappa shape index (κ1) is 12.5. The number of carbonyl (C=O) groups is 1. The predicted octanol–water partition coefficient (Wildman–Crippen LogP) is 3.87. The number of aryl methyl sites for hydroxylation is 3. The minimum atomic E-state index is 0.283. The van der Waals surface area contributed by atoms with Crippen LogP contribution in [-0.4, -0.2) is 10.8 Å². The highest BCUT2D eigenvalue weighted by atomic mass is 32.1. The molecule has 19 heavy (non-hydrogen) atoms. The third kappa shape index (κ3) is 2.61. The summed E-state index contributed by atoms with van der Waals surface area (Å²) in [5.74, 6) is 0.283. The fourth-order valence-electron chi connectivity index (χ4n) is 2.74. The molecule has 0 saturated carbocycles. The summed E-state index contributed by atoms with van der Waals surface area (Å²) in [5, 5.41) is 1.07. The maximum atomic E-state index is 11.8. The highest BCUT2D eigenvalue weighted by Gasteiger charge is 2.21. The Morgan fingerprint density at radius 2 is 1.89 bits per heavy atom. The third-order valence-corrected chi connectivity index (χ3v) is 4.59. The first-order chi connectivity index (χ1) is 9.11. The second-order valence-electron chi connectivity index (χ2n) is 5.33. The van der Waals surface area contributed by atoms with Gasteiger partial charge in [-0.25, -0.2) is 4.98 Å². The second-order valence-corrected chi connectivity index (χ2v) is 6.42. The van der Waals surface area contributed by atoms with Gasteiger partial charge in [0.1, 0.15) is 0 Å². The number of ketones is 1. The molecule has 0 fully saturated rings. The number of rotatable bonds is 2. The Hall–Kier alpha value is -1.48. The Labute approximate surface area is 117 Å². The van der Waals surface area contributed by atoms with Crippen molar-refractivity contribution in [1.82, 2.24) is 4.98 Å². The first-order valence-electron chi connectivity index (χ1n) is 6.71. The molecule has 3 rings (SSSR count). The summed E-state index contributed by atoms with van der Waals surface area (Å²) in [6, 6.07) is 6.59. The molecule has 0 unspecified atom stereocenters. The second kappa shape index (κ2) is 4.89. The first-order valence-corrected chi connectivity index (χ1v) is 7.52. The molecule has 0 radical (unpaired) electrons. The van der Waals surface area contributed by atoms with Crippen LogP contribution in [0.25, 0.3) is 0 Å². The van der Waals surface area contributed by atoms with E-state index in [1.165, 1.54) is 16.7 Å². The molecule has 1 aromatic heterocycles. The molecule has 0 spiro atoms. The minimum Gasteiger partial charge on any atom is -0.293 e. The Balaban J connectivity index is 1.89. The Morgan fingerprint density at radius 1 is 1.16 bits per heavy atom. The van der Waals surface area contributed by atoms with Crippen LogP contribution in [0, 0.1) is 13.8 Å². The smallest absolute Gasteiger partial charge is 0.174 e. The fourth-order valence-corrected chi connectivity index (χ4v) is 3.85. The van der Waals surface area contributed by atoms with E-state index < -0.39 is 0 Å². The van der Waals surface area contributed by atoms with Crippen LogP contribution in [0.2, 0.25) is 0 Å². The molecule has 2 aromatic rings. The van der Waals surface area contributed by atoms with Crippen LogP contribution in [0.5, 0.6) is 0 Å². The van der Waals surface area contributed by atoms with Crippen LogP contribution >= 0.6 is 11.3 Å². The minimum absolute atomic E-state index is 0.283. The maximum absolute atomic E-state index is 11.8. The summed E-state index contributed by atoms with van der Waals surface area (Å²) >= 11 is 1.59. The number of hydrogen-bond donors (Lipinski definition) is 0. The highest BCUT2D eigenvalue weighted by Crippen LogP contribution is 2.28. The van der Waals surface area contributed by atoms with Gasteiger partial charge in [0.2, 0.25) is 0 Å². The van der Waals surface area contributed by atoms with Crippen molar-refractivity contribution in [3.63, 3.8) is 0 Å². The summed E-state index contributed by atoms with van der Waals surface area (Å²) in [4.78, 5) is 17.4. The van der Waals surface area contributed by atoms with Crippen molar-refractivity contribution in [3.8, 4) is 0 Å². The molecule has 1 heterocycles. The van der Waals surface area contributed by atoms with E-state index in [1.54, 1.807) is 11.3 Å². The molecule has 2 nitrogen and oxygen atoms in total. The van der Waals surface area contributed by atoms with Crippen molar-refractivity contribution in [1.29, 1.82) is 0 Å². The van der Waals surface area contributed by atoms with Crippen LogP contribution in [0.3, 0.4) is 0 Å². The lowest BCUT2D eigenvalue weighted by atomic mass is 10.0. The summed E-state index contributed by atoms with van der Waals surface area (Å²) < 4.78 is 0. The molecular formula is C16H17NOS. The molecule has 98 valence electrons. The lowest BCUT2D eigenvalue weighted by molar-refractivity contribution is 0.0976. The van der Waals surface area contributed by atoms with Crippen molar-refractivity contribution >= 4 is 17.1 Å². The lowest BCUT2D eigenvalue weighted by Crippen LogP contribution is -2.07. The van der Waals surface area contributed by atoms with Crippen LogP contribution in [0.1, 0.15) is 49.9 Å². The number of nitrogens with zero attached hydrogens (tertiary/aromatic N) is 1. The van der Waals surface area contributed by atoms with Gasteiger partial charge in [-0.1, -0.05) is 29.3 Å². The Bertz CT molecular complexity index is 622. The largest absolute Gasteiger partial charge is 0.293 e. The van der Waals surface area contributed by atoms with Gasteiger partial charge >= 0.3 is 0 Å². The SMILES string of the molecule is Cc1cc(C)cc(Cc2nc3c(s2)C(=O)CCC3)c1. The number of hydrogen-bond acceptors (Lipinski definition) is 3. The van der Waals surface area contributed by atoms with E-state index in [0.717, 1.165) is 34.8 Å². The van der Waals surface area contributed by atoms with Gasteiger partial charge in [-0.05, 0) is 32.3 Å². The monoisotopic (exact) mass is 271 g/mol. The lowest BCUT2D eigenvalue weighted by Gasteiger charge is -2.06. The highest BCUT2D eigenvalue weighted by molar-refractivity contribution is 7.13. The Morgan fingerprint density at radius 3 is 2.58 bits per heavy atom. The van der Waals surface area contributed by atoms with E-state index in [-0.39, 0.29) is 5.78 Å². The van der Waals surface area contributed by atoms with Gasteiger partial charge in [0.25, 0.3) is 0 Å². The van der Waals surface area contributed by atoms with Gasteiger partial charge in [0, 0.05) is 12.8 Å². The topological polar surface area (TPSA) is 30.0 Å². The van der Waals surface area contributed by atoms with E-state index in [9.17, 15) is 4.79 Å². The molecule has 1 aliphatic rings. The molecule has 3 heteroatoms. The van der Waals surface area contributed by atoms with E-state index >= 15 is 0 Å². The van der Waals surface area contributed by atoms with Gasteiger partial charge in [0.05, 0.1) is 15.6 Å². The number of benzene rings is 1. The summed E-state index contributed by atoms with van der Waals surface area (Å²) in [5.41, 5.74) is 4.89. The maximum Gasteiger partial charge on any atom is 0.174 e. The van der Waals surface area contributed by atoms with Crippen LogP contribution in [-0.2, 0) is 12.8 Å². The average molecular weight is 271 g/mol. The fraction of sp³-hybridized carbons (Fsp3) is 0.375. The van der Waals surface area contributed by atoms with Crippen LogP contribution in [0.15, 0.2) is 18.2 Å². The molecule has 0 atom stereocenters. The molecule has 1 aromatic carbocycles. The van der Waals surface area contributed by atoms with E-state index in [1.807, 2.05) is 0 Å². The zero-order valence-electron chi connectivity index (χ0n) is 11.3. The molecule has 0 saturated heterocycles. The van der Waals surface area contributed by atoms with E-state index in [0.29, 0.717) is 6.42 Å². The van der Waals surface area contributed by atoms with Crippen molar-refractivity contribution in [2.75, 3.05) is 0 Å². The predicted molar refractivity (Wildman–Crippen MR) is 78.1 cm³/mol. The average Bonchev–Trinajstić information content (AvgIpc) is 2.71.